The number of aromatic nitrogens is 1. The lowest BCUT2D eigenvalue weighted by Gasteiger charge is -2.16. The molecule has 1 heterocycles. The summed E-state index contributed by atoms with van der Waals surface area (Å²) < 4.78 is 38.0. The Labute approximate surface area is 116 Å². The molecule has 0 spiro atoms. The molecule has 0 amide bonds. The van der Waals surface area contributed by atoms with Crippen molar-refractivity contribution in [1.82, 2.24) is 4.98 Å². The van der Waals surface area contributed by atoms with E-state index in [1.165, 1.54) is 12.3 Å². The van der Waals surface area contributed by atoms with Crippen molar-refractivity contribution in [3.8, 4) is 0 Å². The predicted octanol–water partition coefficient (Wildman–Crippen LogP) is 4.67. The molecule has 20 heavy (non-hydrogen) atoms. The van der Waals surface area contributed by atoms with Gasteiger partial charge in [0.05, 0.1) is 11.1 Å². The summed E-state index contributed by atoms with van der Waals surface area (Å²) in [6.07, 6.45) is 0.101. The molecular formula is C15H16F3N2. The molecule has 1 aromatic heterocycles. The summed E-state index contributed by atoms with van der Waals surface area (Å²) in [6.45, 7) is 3.99. The van der Waals surface area contributed by atoms with E-state index in [9.17, 15) is 13.2 Å². The van der Waals surface area contributed by atoms with E-state index in [2.05, 4.69) is 10.3 Å². The Morgan fingerprint density at radius 3 is 2.70 bits per heavy atom. The van der Waals surface area contributed by atoms with Crippen LogP contribution in [-0.2, 0) is 6.18 Å². The third kappa shape index (κ3) is 3.21. The molecule has 0 saturated carbocycles. The number of nitrogens with one attached hydrogen (secondary N) is 1. The number of hydrogen-bond donors (Lipinski definition) is 1. The second-order valence-corrected chi connectivity index (χ2v) is 4.78. The summed E-state index contributed by atoms with van der Waals surface area (Å²) in [7, 11) is 0. The van der Waals surface area contributed by atoms with Crippen LogP contribution in [0.15, 0.2) is 30.5 Å². The van der Waals surface area contributed by atoms with Gasteiger partial charge in [-0.1, -0.05) is 13.0 Å². The maximum absolute atomic E-state index is 12.7. The van der Waals surface area contributed by atoms with E-state index in [4.69, 9.17) is 0 Å². The van der Waals surface area contributed by atoms with Gasteiger partial charge in [-0.05, 0) is 38.0 Å². The molecule has 2 rings (SSSR count). The molecule has 0 aliphatic heterocycles. The first-order chi connectivity index (χ1) is 9.41. The van der Waals surface area contributed by atoms with Crippen LogP contribution in [0.1, 0.15) is 25.8 Å². The van der Waals surface area contributed by atoms with Crippen LogP contribution in [-0.4, -0.2) is 11.0 Å². The SMILES string of the molecule is C[CH]C[C@@H](C)Nc1ccnc2cc(C(F)(F)F)ccc12. The van der Waals surface area contributed by atoms with E-state index < -0.39 is 11.7 Å². The summed E-state index contributed by atoms with van der Waals surface area (Å²) in [5, 5.41) is 3.99. The van der Waals surface area contributed by atoms with Crippen LogP contribution >= 0.6 is 0 Å². The second kappa shape index (κ2) is 5.69. The van der Waals surface area contributed by atoms with Crippen LogP contribution in [0.5, 0.6) is 0 Å². The molecule has 0 bridgehead atoms. The van der Waals surface area contributed by atoms with Crippen LogP contribution < -0.4 is 5.32 Å². The fraction of sp³-hybridized carbons (Fsp3) is 0.333. The van der Waals surface area contributed by atoms with E-state index in [0.29, 0.717) is 10.9 Å². The molecule has 0 saturated heterocycles. The number of hydrogen-bond acceptors (Lipinski definition) is 2. The van der Waals surface area contributed by atoms with E-state index in [1.54, 1.807) is 6.07 Å². The molecule has 0 aliphatic rings. The quantitative estimate of drug-likeness (QED) is 0.881. The molecule has 1 radical (unpaired) electrons. The zero-order valence-electron chi connectivity index (χ0n) is 11.3. The fourth-order valence-corrected chi connectivity index (χ4v) is 2.13. The molecule has 0 fully saturated rings. The van der Waals surface area contributed by atoms with Crippen molar-refractivity contribution in [2.75, 3.05) is 5.32 Å². The van der Waals surface area contributed by atoms with Gasteiger partial charge in [0, 0.05) is 23.3 Å². The number of anilines is 1. The largest absolute Gasteiger partial charge is 0.416 e. The molecule has 1 aromatic carbocycles. The first-order valence-corrected chi connectivity index (χ1v) is 6.42. The van der Waals surface area contributed by atoms with Gasteiger partial charge in [-0.2, -0.15) is 13.2 Å². The monoisotopic (exact) mass is 281 g/mol. The lowest BCUT2D eigenvalue weighted by molar-refractivity contribution is -0.137. The highest BCUT2D eigenvalue weighted by molar-refractivity contribution is 5.91. The van der Waals surface area contributed by atoms with E-state index >= 15 is 0 Å². The molecule has 1 N–H and O–H groups in total. The number of benzene rings is 1. The normalized spacial score (nSPS) is 13.4. The molecule has 2 aromatic rings. The Morgan fingerprint density at radius 1 is 1.30 bits per heavy atom. The predicted molar refractivity (Wildman–Crippen MR) is 74.4 cm³/mol. The minimum absolute atomic E-state index is 0.216. The lowest BCUT2D eigenvalue weighted by Crippen LogP contribution is -2.15. The third-order valence-corrected chi connectivity index (χ3v) is 3.06. The van der Waals surface area contributed by atoms with Gasteiger partial charge in [0.15, 0.2) is 0 Å². The van der Waals surface area contributed by atoms with Crippen molar-refractivity contribution in [2.45, 2.75) is 32.5 Å². The Balaban J connectivity index is 2.38. The summed E-state index contributed by atoms with van der Waals surface area (Å²) in [4.78, 5) is 4.02. The van der Waals surface area contributed by atoms with Gasteiger partial charge in [-0.15, -0.1) is 0 Å². The van der Waals surface area contributed by atoms with Gasteiger partial charge in [0.1, 0.15) is 0 Å². The van der Waals surface area contributed by atoms with E-state index in [1.807, 2.05) is 20.3 Å². The summed E-state index contributed by atoms with van der Waals surface area (Å²) in [5.74, 6) is 0. The fourth-order valence-electron chi connectivity index (χ4n) is 2.13. The Hall–Kier alpha value is -1.78. The lowest BCUT2D eigenvalue weighted by atomic mass is 10.1. The number of nitrogens with zero attached hydrogens (tertiary/aromatic N) is 1. The van der Waals surface area contributed by atoms with Crippen molar-refractivity contribution in [3.05, 3.63) is 42.4 Å². The van der Waals surface area contributed by atoms with Crippen molar-refractivity contribution in [3.63, 3.8) is 0 Å². The standard InChI is InChI=1S/C15H16F3N2/c1-3-4-10(2)20-13-7-8-19-14-9-11(15(16,17)18)5-6-12(13)14/h3,5-10H,4H2,1-2H3,(H,19,20)/t10-/m1/s1. The van der Waals surface area contributed by atoms with Gasteiger partial charge >= 0.3 is 6.18 Å². The maximum Gasteiger partial charge on any atom is 0.416 e. The van der Waals surface area contributed by atoms with Crippen molar-refractivity contribution >= 4 is 16.6 Å². The molecular weight excluding hydrogens is 265 g/mol. The molecule has 0 unspecified atom stereocenters. The molecule has 0 aliphatic carbocycles. The van der Waals surface area contributed by atoms with Gasteiger partial charge < -0.3 is 5.32 Å². The molecule has 2 nitrogen and oxygen atoms in total. The van der Waals surface area contributed by atoms with Gasteiger partial charge in [-0.25, -0.2) is 0 Å². The minimum atomic E-state index is -4.34. The average Bonchev–Trinajstić information content (AvgIpc) is 2.37. The number of halogens is 3. The highest BCUT2D eigenvalue weighted by Gasteiger charge is 2.30. The summed E-state index contributed by atoms with van der Waals surface area (Å²) in [5.41, 5.74) is 0.472. The van der Waals surface area contributed by atoms with E-state index in [-0.39, 0.29) is 6.04 Å². The highest BCUT2D eigenvalue weighted by atomic mass is 19.4. The van der Waals surface area contributed by atoms with Gasteiger partial charge in [0.2, 0.25) is 0 Å². The van der Waals surface area contributed by atoms with Gasteiger partial charge in [0.25, 0.3) is 0 Å². The maximum atomic E-state index is 12.7. The van der Waals surface area contributed by atoms with E-state index in [0.717, 1.165) is 24.2 Å². The number of pyridine rings is 1. The van der Waals surface area contributed by atoms with Gasteiger partial charge in [-0.3, -0.25) is 4.98 Å². The Kier molecular flexibility index (Phi) is 4.16. The zero-order chi connectivity index (χ0) is 14.8. The first kappa shape index (κ1) is 14.6. The molecule has 107 valence electrons. The number of alkyl halides is 3. The van der Waals surface area contributed by atoms with Crippen molar-refractivity contribution < 1.29 is 13.2 Å². The van der Waals surface area contributed by atoms with Crippen molar-refractivity contribution in [2.24, 2.45) is 0 Å². The smallest absolute Gasteiger partial charge is 0.382 e. The minimum Gasteiger partial charge on any atom is -0.382 e. The molecule has 1 atom stereocenters. The second-order valence-electron chi connectivity index (χ2n) is 4.78. The summed E-state index contributed by atoms with van der Waals surface area (Å²) >= 11 is 0. The number of fused-ring (bicyclic) bond motifs is 1. The Morgan fingerprint density at radius 2 is 2.05 bits per heavy atom. The zero-order valence-corrected chi connectivity index (χ0v) is 11.3. The number of rotatable bonds is 4. The first-order valence-electron chi connectivity index (χ1n) is 6.42. The van der Waals surface area contributed by atoms with Crippen molar-refractivity contribution in [1.29, 1.82) is 0 Å². The topological polar surface area (TPSA) is 24.9 Å². The Bertz CT molecular complexity index is 593. The van der Waals surface area contributed by atoms with Crippen LogP contribution in [0, 0.1) is 6.42 Å². The van der Waals surface area contributed by atoms with Crippen LogP contribution in [0.3, 0.4) is 0 Å². The third-order valence-electron chi connectivity index (χ3n) is 3.06. The van der Waals surface area contributed by atoms with Crippen LogP contribution in [0.2, 0.25) is 0 Å². The highest BCUT2D eigenvalue weighted by Crippen LogP contribution is 2.32. The van der Waals surface area contributed by atoms with Crippen LogP contribution in [0.4, 0.5) is 18.9 Å². The average molecular weight is 281 g/mol. The molecule has 5 heteroatoms. The van der Waals surface area contributed by atoms with Crippen LogP contribution in [0.25, 0.3) is 10.9 Å². The summed E-state index contributed by atoms with van der Waals surface area (Å²) in [6, 6.07) is 5.63.